The molecule has 1 aromatic carbocycles. The summed E-state index contributed by atoms with van der Waals surface area (Å²) in [5.41, 5.74) is 6.75. The van der Waals surface area contributed by atoms with E-state index in [1.54, 1.807) is 43.3 Å². The number of methoxy groups -OCH3 is 1. The van der Waals surface area contributed by atoms with Crippen LogP contribution in [0.25, 0.3) is 0 Å². The van der Waals surface area contributed by atoms with E-state index >= 15 is 0 Å². The second kappa shape index (κ2) is 5.36. The molecule has 0 unspecified atom stereocenters. The van der Waals surface area contributed by atoms with E-state index in [1.165, 1.54) is 0 Å². The average molecular weight is 208 g/mol. The normalized spacial score (nSPS) is 10.0. The second-order valence-corrected chi connectivity index (χ2v) is 3.31. The first-order valence-corrected chi connectivity index (χ1v) is 4.75. The molecule has 82 valence electrons. The summed E-state index contributed by atoms with van der Waals surface area (Å²) in [5, 5.41) is 0. The molecule has 0 aromatic heterocycles. The number of para-hydroxylation sites is 1. The van der Waals surface area contributed by atoms with Crippen LogP contribution in [0.1, 0.15) is 10.4 Å². The van der Waals surface area contributed by atoms with Crippen LogP contribution in [0.15, 0.2) is 24.3 Å². The Bertz CT molecular complexity index is 339. The van der Waals surface area contributed by atoms with Gasteiger partial charge >= 0.3 is 0 Å². The quantitative estimate of drug-likeness (QED) is 0.751. The molecule has 0 saturated heterocycles. The number of carbonyl (C=O) groups excluding carboxylic acids is 1. The minimum Gasteiger partial charge on any atom is -0.398 e. The van der Waals surface area contributed by atoms with Crippen molar-refractivity contribution in [2.75, 3.05) is 33.0 Å². The van der Waals surface area contributed by atoms with E-state index in [-0.39, 0.29) is 5.91 Å². The zero-order valence-corrected chi connectivity index (χ0v) is 9.06. The zero-order valence-electron chi connectivity index (χ0n) is 9.06. The molecule has 2 N–H and O–H groups in total. The summed E-state index contributed by atoms with van der Waals surface area (Å²) in [7, 11) is 3.34. The molecule has 0 fully saturated rings. The first kappa shape index (κ1) is 11.5. The lowest BCUT2D eigenvalue weighted by Gasteiger charge is -2.17. The molecular weight excluding hydrogens is 192 g/mol. The molecule has 0 spiro atoms. The van der Waals surface area contributed by atoms with Crippen LogP contribution < -0.4 is 5.73 Å². The summed E-state index contributed by atoms with van der Waals surface area (Å²) in [6.07, 6.45) is 0. The number of benzene rings is 1. The van der Waals surface area contributed by atoms with E-state index in [2.05, 4.69) is 0 Å². The van der Waals surface area contributed by atoms with Crippen molar-refractivity contribution in [3.05, 3.63) is 29.8 Å². The fourth-order valence-electron chi connectivity index (χ4n) is 1.23. The SMILES string of the molecule is COCCN(C)C(=O)c1ccccc1N. The first-order chi connectivity index (χ1) is 7.16. The molecule has 0 radical (unpaired) electrons. The number of likely N-dealkylation sites (N-methyl/N-ethyl adjacent to an activating group) is 1. The third-order valence-corrected chi connectivity index (χ3v) is 2.17. The number of ether oxygens (including phenoxy) is 1. The van der Waals surface area contributed by atoms with Gasteiger partial charge in [0.15, 0.2) is 0 Å². The topological polar surface area (TPSA) is 55.6 Å². The van der Waals surface area contributed by atoms with Crippen LogP contribution in [0.5, 0.6) is 0 Å². The van der Waals surface area contributed by atoms with Crippen molar-refractivity contribution in [1.29, 1.82) is 0 Å². The maximum atomic E-state index is 11.9. The van der Waals surface area contributed by atoms with Crippen LogP contribution >= 0.6 is 0 Å². The van der Waals surface area contributed by atoms with Crippen LogP contribution in [0.4, 0.5) is 5.69 Å². The highest BCUT2D eigenvalue weighted by Crippen LogP contribution is 2.12. The number of anilines is 1. The van der Waals surface area contributed by atoms with Gasteiger partial charge in [0, 0.05) is 26.4 Å². The maximum absolute atomic E-state index is 11.9. The van der Waals surface area contributed by atoms with Gasteiger partial charge in [-0.25, -0.2) is 0 Å². The summed E-state index contributed by atoms with van der Waals surface area (Å²) >= 11 is 0. The lowest BCUT2D eigenvalue weighted by atomic mass is 10.1. The number of carbonyl (C=O) groups is 1. The monoisotopic (exact) mass is 208 g/mol. The zero-order chi connectivity index (χ0) is 11.3. The Morgan fingerprint density at radius 2 is 2.13 bits per heavy atom. The largest absolute Gasteiger partial charge is 0.398 e. The molecule has 0 heterocycles. The number of rotatable bonds is 4. The number of amides is 1. The van der Waals surface area contributed by atoms with Crippen molar-refractivity contribution in [3.8, 4) is 0 Å². The van der Waals surface area contributed by atoms with Crippen molar-refractivity contribution in [2.24, 2.45) is 0 Å². The van der Waals surface area contributed by atoms with Gasteiger partial charge in [-0.3, -0.25) is 4.79 Å². The predicted octanol–water partition coefficient (Wildman–Crippen LogP) is 0.987. The summed E-state index contributed by atoms with van der Waals surface area (Å²) in [5.74, 6) is -0.0786. The molecule has 0 saturated carbocycles. The molecule has 1 amide bonds. The fourth-order valence-corrected chi connectivity index (χ4v) is 1.23. The predicted molar refractivity (Wildman–Crippen MR) is 59.7 cm³/mol. The molecule has 1 rings (SSSR count). The second-order valence-electron chi connectivity index (χ2n) is 3.31. The van der Waals surface area contributed by atoms with E-state index in [4.69, 9.17) is 10.5 Å². The molecule has 0 atom stereocenters. The van der Waals surface area contributed by atoms with Gasteiger partial charge in [-0.1, -0.05) is 12.1 Å². The molecule has 0 aliphatic carbocycles. The number of hydrogen-bond acceptors (Lipinski definition) is 3. The summed E-state index contributed by atoms with van der Waals surface area (Å²) in [4.78, 5) is 13.5. The highest BCUT2D eigenvalue weighted by Gasteiger charge is 2.13. The fraction of sp³-hybridized carbons (Fsp3) is 0.364. The molecule has 1 aromatic rings. The van der Waals surface area contributed by atoms with E-state index < -0.39 is 0 Å². The van der Waals surface area contributed by atoms with Crippen LogP contribution in [-0.4, -0.2) is 38.1 Å². The van der Waals surface area contributed by atoms with Gasteiger partial charge in [0.25, 0.3) is 5.91 Å². The lowest BCUT2D eigenvalue weighted by molar-refractivity contribution is 0.0745. The van der Waals surface area contributed by atoms with Gasteiger partial charge < -0.3 is 15.4 Å². The Balaban J connectivity index is 2.72. The van der Waals surface area contributed by atoms with Crippen molar-refractivity contribution in [2.45, 2.75) is 0 Å². The molecule has 0 bridgehead atoms. The van der Waals surface area contributed by atoms with Gasteiger partial charge in [0.2, 0.25) is 0 Å². The minimum absolute atomic E-state index is 0.0786. The van der Waals surface area contributed by atoms with Crippen LogP contribution in [0.2, 0.25) is 0 Å². The van der Waals surface area contributed by atoms with E-state index in [1.807, 2.05) is 0 Å². The molecule has 15 heavy (non-hydrogen) atoms. The number of nitrogen functional groups attached to an aromatic ring is 1. The van der Waals surface area contributed by atoms with Crippen molar-refractivity contribution >= 4 is 11.6 Å². The van der Waals surface area contributed by atoms with E-state index in [9.17, 15) is 4.79 Å². The first-order valence-electron chi connectivity index (χ1n) is 4.75. The minimum atomic E-state index is -0.0786. The summed E-state index contributed by atoms with van der Waals surface area (Å²) < 4.78 is 4.90. The average Bonchev–Trinajstić information content (AvgIpc) is 2.25. The van der Waals surface area contributed by atoms with Gasteiger partial charge in [-0.05, 0) is 12.1 Å². The summed E-state index contributed by atoms with van der Waals surface area (Å²) in [6, 6.07) is 7.05. The Labute approximate surface area is 89.6 Å². The van der Waals surface area contributed by atoms with E-state index in [0.717, 1.165) is 0 Å². The number of nitrogens with zero attached hydrogens (tertiary/aromatic N) is 1. The van der Waals surface area contributed by atoms with Crippen molar-refractivity contribution in [1.82, 2.24) is 4.90 Å². The van der Waals surface area contributed by atoms with Gasteiger partial charge in [-0.2, -0.15) is 0 Å². The number of hydrogen-bond donors (Lipinski definition) is 1. The van der Waals surface area contributed by atoms with Crippen LogP contribution in [-0.2, 0) is 4.74 Å². The standard InChI is InChI=1S/C11H16N2O2/c1-13(7-8-15-2)11(14)9-5-3-4-6-10(9)12/h3-6H,7-8,12H2,1-2H3. The Hall–Kier alpha value is -1.55. The molecule has 4 nitrogen and oxygen atoms in total. The van der Waals surface area contributed by atoms with Crippen molar-refractivity contribution in [3.63, 3.8) is 0 Å². The lowest BCUT2D eigenvalue weighted by Crippen LogP contribution is -2.30. The Morgan fingerprint density at radius 3 is 2.73 bits per heavy atom. The molecular formula is C11H16N2O2. The third kappa shape index (κ3) is 2.95. The molecule has 0 aliphatic rings. The highest BCUT2D eigenvalue weighted by atomic mass is 16.5. The maximum Gasteiger partial charge on any atom is 0.255 e. The van der Waals surface area contributed by atoms with Gasteiger partial charge in [0.1, 0.15) is 0 Å². The van der Waals surface area contributed by atoms with Gasteiger partial charge in [0.05, 0.1) is 12.2 Å². The summed E-state index contributed by atoms with van der Waals surface area (Å²) in [6.45, 7) is 1.08. The molecule has 4 heteroatoms. The van der Waals surface area contributed by atoms with Crippen LogP contribution in [0, 0.1) is 0 Å². The Kier molecular flexibility index (Phi) is 4.12. The van der Waals surface area contributed by atoms with Gasteiger partial charge in [-0.15, -0.1) is 0 Å². The van der Waals surface area contributed by atoms with Crippen molar-refractivity contribution < 1.29 is 9.53 Å². The third-order valence-electron chi connectivity index (χ3n) is 2.17. The molecule has 0 aliphatic heterocycles. The Morgan fingerprint density at radius 1 is 1.47 bits per heavy atom. The van der Waals surface area contributed by atoms with E-state index in [0.29, 0.717) is 24.4 Å². The smallest absolute Gasteiger partial charge is 0.255 e. The number of nitrogens with two attached hydrogens (primary N) is 1. The van der Waals surface area contributed by atoms with Crippen LogP contribution in [0.3, 0.4) is 0 Å². The highest BCUT2D eigenvalue weighted by molar-refractivity contribution is 5.98.